The molecule has 1 amide bonds. The minimum Gasteiger partial charge on any atom is -0.481 e. The third kappa shape index (κ3) is 3.16. The first-order chi connectivity index (χ1) is 9.40. The third-order valence-corrected chi connectivity index (χ3v) is 4.11. The molecule has 0 aromatic carbocycles. The molecule has 0 atom stereocenters. The number of carboxylic acid groups (broad SMARTS) is 1. The van der Waals surface area contributed by atoms with Crippen LogP contribution in [-0.4, -0.2) is 32.9 Å². The van der Waals surface area contributed by atoms with Gasteiger partial charge in [0, 0.05) is 30.0 Å². The molecule has 0 bridgehead atoms. The number of amides is 1. The second-order valence-electron chi connectivity index (χ2n) is 5.27. The molecule has 0 aliphatic carbocycles. The van der Waals surface area contributed by atoms with Gasteiger partial charge in [0.2, 0.25) is 5.91 Å². The normalized spacial score (nSPS) is 11.7. The lowest BCUT2D eigenvalue weighted by Gasteiger charge is -2.18. The van der Waals surface area contributed by atoms with E-state index >= 15 is 0 Å². The average Bonchev–Trinajstić information content (AvgIpc) is 2.93. The van der Waals surface area contributed by atoms with Crippen LogP contribution in [0, 0.1) is 5.41 Å². The van der Waals surface area contributed by atoms with Gasteiger partial charge in [-0.05, 0) is 20.3 Å². The monoisotopic (exact) mass is 295 g/mol. The summed E-state index contributed by atoms with van der Waals surface area (Å²) < 4.78 is 1.88. The maximum atomic E-state index is 11.8. The van der Waals surface area contributed by atoms with Crippen LogP contribution in [0.2, 0.25) is 0 Å². The van der Waals surface area contributed by atoms with Gasteiger partial charge in [0.25, 0.3) is 0 Å². The third-order valence-electron chi connectivity index (χ3n) is 3.21. The van der Waals surface area contributed by atoms with Crippen LogP contribution >= 0.6 is 11.3 Å². The quantitative estimate of drug-likeness (QED) is 0.847. The molecule has 0 aliphatic heterocycles. The predicted octanol–water partition coefficient (Wildman–Crippen LogP) is 1.56. The van der Waals surface area contributed by atoms with E-state index in [1.165, 1.54) is 11.3 Å². The molecule has 2 aromatic rings. The Morgan fingerprint density at radius 3 is 2.95 bits per heavy atom. The van der Waals surface area contributed by atoms with E-state index in [1.807, 2.05) is 16.0 Å². The largest absolute Gasteiger partial charge is 0.481 e. The van der Waals surface area contributed by atoms with Crippen LogP contribution < -0.4 is 5.32 Å². The van der Waals surface area contributed by atoms with Crippen molar-refractivity contribution in [2.75, 3.05) is 6.54 Å². The highest BCUT2D eigenvalue weighted by Crippen LogP contribution is 2.19. The van der Waals surface area contributed by atoms with Crippen LogP contribution in [-0.2, 0) is 16.0 Å². The summed E-state index contributed by atoms with van der Waals surface area (Å²) >= 11 is 1.49. The molecular weight excluding hydrogens is 278 g/mol. The highest BCUT2D eigenvalue weighted by Gasteiger charge is 2.26. The van der Waals surface area contributed by atoms with Crippen molar-refractivity contribution in [3.05, 3.63) is 23.5 Å². The number of carbonyl (C=O) groups is 2. The molecule has 2 N–H and O–H groups in total. The molecule has 2 heterocycles. The van der Waals surface area contributed by atoms with Crippen LogP contribution in [0.25, 0.3) is 4.96 Å². The molecule has 6 nitrogen and oxygen atoms in total. The van der Waals surface area contributed by atoms with Gasteiger partial charge in [-0.25, -0.2) is 4.98 Å². The Morgan fingerprint density at radius 1 is 1.50 bits per heavy atom. The zero-order chi connectivity index (χ0) is 14.8. The predicted molar refractivity (Wildman–Crippen MR) is 75.8 cm³/mol. The first-order valence-corrected chi connectivity index (χ1v) is 7.17. The molecule has 2 aromatic heterocycles. The lowest BCUT2D eigenvalue weighted by Crippen LogP contribution is -2.32. The summed E-state index contributed by atoms with van der Waals surface area (Å²) in [6.45, 7) is 3.65. The number of hydrogen-bond donors (Lipinski definition) is 2. The van der Waals surface area contributed by atoms with E-state index in [4.69, 9.17) is 5.11 Å². The number of aromatic nitrogens is 2. The van der Waals surface area contributed by atoms with E-state index in [-0.39, 0.29) is 12.3 Å². The van der Waals surface area contributed by atoms with E-state index < -0.39 is 11.4 Å². The van der Waals surface area contributed by atoms with Gasteiger partial charge in [-0.2, -0.15) is 0 Å². The summed E-state index contributed by atoms with van der Waals surface area (Å²) in [5.41, 5.74) is 0.0605. The number of hydrogen-bond acceptors (Lipinski definition) is 4. The highest BCUT2D eigenvalue weighted by molar-refractivity contribution is 7.15. The summed E-state index contributed by atoms with van der Waals surface area (Å²) in [6, 6.07) is 0. The Balaban J connectivity index is 1.85. The van der Waals surface area contributed by atoms with Gasteiger partial charge in [-0.1, -0.05) is 0 Å². The smallest absolute Gasteiger partial charge is 0.309 e. The summed E-state index contributed by atoms with van der Waals surface area (Å²) in [6.07, 6.45) is 4.19. The number of nitrogens with one attached hydrogen (secondary N) is 1. The van der Waals surface area contributed by atoms with Crippen LogP contribution in [0.15, 0.2) is 17.8 Å². The molecular formula is C13H17N3O3S. The first-order valence-electron chi connectivity index (χ1n) is 6.30. The molecule has 0 radical (unpaired) electrons. The van der Waals surface area contributed by atoms with Gasteiger partial charge in [0.05, 0.1) is 11.8 Å². The number of imidazole rings is 1. The molecule has 2 rings (SSSR count). The number of carboxylic acids is 1. The number of fused-ring (bicyclic) bond motifs is 1. The maximum Gasteiger partial charge on any atom is 0.309 e. The van der Waals surface area contributed by atoms with E-state index in [1.54, 1.807) is 20.0 Å². The molecule has 0 unspecified atom stereocenters. The molecule has 0 aliphatic rings. The summed E-state index contributed by atoms with van der Waals surface area (Å²) in [7, 11) is 0. The lowest BCUT2D eigenvalue weighted by atomic mass is 9.90. The van der Waals surface area contributed by atoms with E-state index in [0.29, 0.717) is 13.0 Å². The molecule has 0 saturated heterocycles. The number of nitrogens with zero attached hydrogens (tertiary/aromatic N) is 2. The van der Waals surface area contributed by atoms with Crippen LogP contribution in [0.4, 0.5) is 0 Å². The highest BCUT2D eigenvalue weighted by atomic mass is 32.1. The molecule has 0 spiro atoms. The number of rotatable bonds is 6. The van der Waals surface area contributed by atoms with E-state index in [0.717, 1.165) is 10.7 Å². The lowest BCUT2D eigenvalue weighted by molar-refractivity contribution is -0.147. The zero-order valence-electron chi connectivity index (χ0n) is 11.4. The van der Waals surface area contributed by atoms with Crippen molar-refractivity contribution < 1.29 is 14.7 Å². The Bertz CT molecular complexity index is 630. The van der Waals surface area contributed by atoms with Gasteiger partial charge in [-0.15, -0.1) is 11.3 Å². The summed E-state index contributed by atoms with van der Waals surface area (Å²) in [5.74, 6) is -0.968. The fourth-order valence-electron chi connectivity index (χ4n) is 1.75. The first kappa shape index (κ1) is 14.5. The minimum absolute atomic E-state index is 0.111. The van der Waals surface area contributed by atoms with E-state index in [9.17, 15) is 9.59 Å². The SMILES string of the molecule is CC(C)(CCNC(=O)Cc1csc2nccn12)C(=O)O. The van der Waals surface area contributed by atoms with Crippen molar-refractivity contribution in [3.63, 3.8) is 0 Å². The fraction of sp³-hybridized carbons (Fsp3) is 0.462. The Hall–Kier alpha value is -1.89. The van der Waals surface area contributed by atoms with Gasteiger partial charge in [-0.3, -0.25) is 14.0 Å². The topological polar surface area (TPSA) is 83.7 Å². The van der Waals surface area contributed by atoms with Crippen LogP contribution in [0.1, 0.15) is 26.0 Å². The Labute approximate surface area is 120 Å². The Kier molecular flexibility index (Phi) is 4.08. The number of aliphatic carboxylic acids is 1. The number of carbonyl (C=O) groups excluding carboxylic acids is 1. The summed E-state index contributed by atoms with van der Waals surface area (Å²) in [4.78, 5) is 27.8. The van der Waals surface area contributed by atoms with Gasteiger partial charge >= 0.3 is 5.97 Å². The van der Waals surface area contributed by atoms with Crippen molar-refractivity contribution in [1.29, 1.82) is 0 Å². The van der Waals surface area contributed by atoms with Gasteiger partial charge in [0.15, 0.2) is 4.96 Å². The molecule has 7 heteroatoms. The Morgan fingerprint density at radius 2 is 2.25 bits per heavy atom. The van der Waals surface area contributed by atoms with Crippen molar-refractivity contribution >= 4 is 28.2 Å². The van der Waals surface area contributed by atoms with Gasteiger partial charge < -0.3 is 10.4 Å². The molecule has 0 fully saturated rings. The fourth-order valence-corrected chi connectivity index (χ4v) is 2.60. The second kappa shape index (κ2) is 5.62. The van der Waals surface area contributed by atoms with Crippen molar-refractivity contribution in [3.8, 4) is 0 Å². The van der Waals surface area contributed by atoms with Crippen molar-refractivity contribution in [2.45, 2.75) is 26.7 Å². The summed E-state index contributed by atoms with van der Waals surface area (Å²) in [5, 5.41) is 13.7. The van der Waals surface area contributed by atoms with Gasteiger partial charge in [0.1, 0.15) is 0 Å². The maximum absolute atomic E-state index is 11.8. The minimum atomic E-state index is -0.857. The zero-order valence-corrected chi connectivity index (χ0v) is 12.2. The van der Waals surface area contributed by atoms with E-state index in [2.05, 4.69) is 10.3 Å². The molecule has 0 saturated carbocycles. The van der Waals surface area contributed by atoms with Crippen LogP contribution in [0.3, 0.4) is 0 Å². The van der Waals surface area contributed by atoms with Crippen molar-refractivity contribution in [2.24, 2.45) is 5.41 Å². The molecule has 20 heavy (non-hydrogen) atoms. The standard InChI is InChI=1S/C13H17N3O3S/c1-13(2,11(18)19)3-4-14-10(17)7-9-8-20-12-15-5-6-16(9)12/h5-6,8H,3-4,7H2,1-2H3,(H,14,17)(H,18,19). The van der Waals surface area contributed by atoms with Crippen LogP contribution in [0.5, 0.6) is 0 Å². The average molecular weight is 295 g/mol. The van der Waals surface area contributed by atoms with Crippen molar-refractivity contribution in [1.82, 2.24) is 14.7 Å². The second-order valence-corrected chi connectivity index (χ2v) is 6.11. The number of thiazole rings is 1. The molecule has 108 valence electrons.